The van der Waals surface area contributed by atoms with Crippen molar-refractivity contribution < 1.29 is 24.2 Å². The van der Waals surface area contributed by atoms with Gasteiger partial charge in [-0.2, -0.15) is 0 Å². The van der Waals surface area contributed by atoms with Crippen molar-refractivity contribution in [3.8, 4) is 0 Å². The van der Waals surface area contributed by atoms with Crippen LogP contribution in [0.2, 0.25) is 0 Å². The molecule has 8 nitrogen and oxygen atoms in total. The zero-order chi connectivity index (χ0) is 28.9. The van der Waals surface area contributed by atoms with Gasteiger partial charge in [0.05, 0.1) is 17.9 Å². The average Bonchev–Trinajstić information content (AvgIpc) is 3.54. The number of halogens is 1. The lowest BCUT2D eigenvalue weighted by molar-refractivity contribution is -0.147. The number of benzene rings is 1. The van der Waals surface area contributed by atoms with Gasteiger partial charge in [0.1, 0.15) is 11.6 Å². The van der Waals surface area contributed by atoms with Crippen LogP contribution >= 0.6 is 15.9 Å². The number of anilines is 1. The molecule has 3 aliphatic rings. The summed E-state index contributed by atoms with van der Waals surface area (Å²) in [5.41, 5.74) is -0.380. The SMILES string of the molecule is C=CCN(CCCCC)C(=O)C1N(CCCCO)C(=O)[C@@H]2[C@@H](C(=O)N(CC=C)c3ccccc3)[C@@H]3OC12CC3Br. The summed E-state index contributed by atoms with van der Waals surface area (Å²) in [5, 5.41) is 9.42. The van der Waals surface area contributed by atoms with E-state index in [1.165, 1.54) is 0 Å². The molecule has 0 saturated carbocycles. The van der Waals surface area contributed by atoms with Gasteiger partial charge < -0.3 is 24.5 Å². The topological polar surface area (TPSA) is 90.4 Å². The summed E-state index contributed by atoms with van der Waals surface area (Å²) in [6, 6.07) is 8.53. The van der Waals surface area contributed by atoms with Crippen LogP contribution in [0.1, 0.15) is 45.4 Å². The summed E-state index contributed by atoms with van der Waals surface area (Å²) in [4.78, 5) is 47.7. The highest BCUT2D eigenvalue weighted by atomic mass is 79.9. The number of amides is 3. The van der Waals surface area contributed by atoms with Gasteiger partial charge in [0.15, 0.2) is 0 Å². The van der Waals surface area contributed by atoms with Crippen LogP contribution in [-0.2, 0) is 19.1 Å². The number of carbonyl (C=O) groups is 3. The Kier molecular flexibility index (Phi) is 10.2. The molecular formula is C31H42BrN3O5. The second kappa shape index (κ2) is 13.4. The number of para-hydroxylation sites is 1. The highest BCUT2D eigenvalue weighted by molar-refractivity contribution is 9.09. The molecule has 3 unspecified atom stereocenters. The molecule has 218 valence electrons. The normalized spacial score (nSPS) is 28.4. The number of hydrogen-bond donors (Lipinski definition) is 1. The molecule has 1 aromatic rings. The Morgan fingerprint density at radius 2 is 1.85 bits per heavy atom. The fourth-order valence-corrected chi connectivity index (χ4v) is 7.68. The summed E-state index contributed by atoms with van der Waals surface area (Å²) >= 11 is 3.76. The number of aliphatic hydroxyl groups excluding tert-OH is 1. The Balaban J connectivity index is 1.73. The number of alkyl halides is 1. The fraction of sp³-hybridized carbons (Fsp3) is 0.581. The average molecular weight is 617 g/mol. The number of likely N-dealkylation sites (tertiary alicyclic amines) is 1. The molecule has 1 aromatic carbocycles. The number of nitrogens with zero attached hydrogens (tertiary/aromatic N) is 3. The predicted octanol–water partition coefficient (Wildman–Crippen LogP) is 3.93. The van der Waals surface area contributed by atoms with Crippen molar-refractivity contribution in [3.63, 3.8) is 0 Å². The molecule has 0 aromatic heterocycles. The molecule has 3 aliphatic heterocycles. The van der Waals surface area contributed by atoms with E-state index in [0.717, 1.165) is 24.9 Å². The van der Waals surface area contributed by atoms with Crippen molar-refractivity contribution in [2.75, 3.05) is 37.7 Å². The van der Waals surface area contributed by atoms with Crippen LogP contribution in [0.25, 0.3) is 0 Å². The second-order valence-electron chi connectivity index (χ2n) is 11.0. The van der Waals surface area contributed by atoms with E-state index in [4.69, 9.17) is 4.74 Å². The van der Waals surface area contributed by atoms with Crippen LogP contribution in [0, 0.1) is 11.8 Å². The minimum atomic E-state index is -1.10. The summed E-state index contributed by atoms with van der Waals surface area (Å²) < 4.78 is 6.68. The third kappa shape index (κ3) is 5.52. The molecule has 9 heteroatoms. The third-order valence-electron chi connectivity index (χ3n) is 8.45. The Morgan fingerprint density at radius 1 is 1.12 bits per heavy atom. The lowest BCUT2D eigenvalue weighted by atomic mass is 9.70. The lowest BCUT2D eigenvalue weighted by Gasteiger charge is -2.37. The zero-order valence-corrected chi connectivity index (χ0v) is 25.0. The number of hydrogen-bond acceptors (Lipinski definition) is 5. The maximum absolute atomic E-state index is 14.3. The number of rotatable bonds is 15. The van der Waals surface area contributed by atoms with E-state index in [9.17, 15) is 19.5 Å². The van der Waals surface area contributed by atoms with E-state index in [2.05, 4.69) is 36.0 Å². The summed E-state index contributed by atoms with van der Waals surface area (Å²) in [6.07, 6.45) is 7.28. The van der Waals surface area contributed by atoms with E-state index in [1.807, 2.05) is 30.3 Å². The van der Waals surface area contributed by atoms with Crippen molar-refractivity contribution in [1.29, 1.82) is 0 Å². The quantitative estimate of drug-likeness (QED) is 0.183. The molecule has 4 rings (SSSR count). The van der Waals surface area contributed by atoms with Gasteiger partial charge in [0, 0.05) is 43.3 Å². The standard InChI is InChI=1S/C31H42BrN3O5/c1-4-7-11-18-33(16-5-2)30(39)27-31-21-23(32)26(40-31)24(25(31)29(38)35(27)19-12-13-20-36)28(37)34(17-6-3)22-14-9-8-10-15-22/h5-6,8-10,14-15,23-27,36H,2-4,7,11-13,16-21H2,1H3/t23?,24-,25+,26-,27?,31?/m1/s1. The van der Waals surface area contributed by atoms with Crippen molar-refractivity contribution in [1.82, 2.24) is 9.80 Å². The van der Waals surface area contributed by atoms with Crippen LogP contribution in [0.4, 0.5) is 5.69 Å². The van der Waals surface area contributed by atoms with E-state index in [0.29, 0.717) is 45.4 Å². The van der Waals surface area contributed by atoms with Gasteiger partial charge in [0.2, 0.25) is 17.7 Å². The maximum atomic E-state index is 14.3. The van der Waals surface area contributed by atoms with Gasteiger partial charge in [-0.05, 0) is 37.8 Å². The molecule has 0 radical (unpaired) electrons. The highest BCUT2D eigenvalue weighted by Gasteiger charge is 2.76. The Labute approximate surface area is 246 Å². The second-order valence-corrected chi connectivity index (χ2v) is 12.2. The van der Waals surface area contributed by atoms with Gasteiger partial charge in [0.25, 0.3) is 0 Å². The molecule has 2 bridgehead atoms. The number of fused-ring (bicyclic) bond motifs is 1. The maximum Gasteiger partial charge on any atom is 0.248 e. The van der Waals surface area contributed by atoms with Crippen LogP contribution in [0.3, 0.4) is 0 Å². The Bertz CT molecular complexity index is 1080. The Hall–Kier alpha value is -2.49. The lowest BCUT2D eigenvalue weighted by Crippen LogP contribution is -2.57. The number of aliphatic hydroxyl groups is 1. The molecule has 40 heavy (non-hydrogen) atoms. The Morgan fingerprint density at radius 3 is 2.50 bits per heavy atom. The molecule has 1 spiro atoms. The van der Waals surface area contributed by atoms with Crippen LogP contribution in [0.5, 0.6) is 0 Å². The summed E-state index contributed by atoms with van der Waals surface area (Å²) in [5.74, 6) is -2.07. The van der Waals surface area contributed by atoms with Crippen LogP contribution < -0.4 is 4.90 Å². The first-order valence-corrected chi connectivity index (χ1v) is 15.4. The number of ether oxygens (including phenoxy) is 1. The highest BCUT2D eigenvalue weighted by Crippen LogP contribution is 2.60. The zero-order valence-electron chi connectivity index (χ0n) is 23.4. The summed E-state index contributed by atoms with van der Waals surface area (Å²) in [7, 11) is 0. The van der Waals surface area contributed by atoms with Gasteiger partial charge in [-0.25, -0.2) is 0 Å². The van der Waals surface area contributed by atoms with Gasteiger partial charge in [-0.1, -0.05) is 66.0 Å². The number of carbonyl (C=O) groups excluding carboxylic acids is 3. The smallest absolute Gasteiger partial charge is 0.248 e. The van der Waals surface area contributed by atoms with Crippen molar-refractivity contribution in [2.45, 2.75) is 68.0 Å². The van der Waals surface area contributed by atoms with E-state index < -0.39 is 29.6 Å². The van der Waals surface area contributed by atoms with Crippen LogP contribution in [-0.4, -0.2) is 88.0 Å². The first-order valence-electron chi connectivity index (χ1n) is 14.5. The predicted molar refractivity (Wildman–Crippen MR) is 159 cm³/mol. The molecule has 0 aliphatic carbocycles. The van der Waals surface area contributed by atoms with Gasteiger partial charge in [-0.3, -0.25) is 14.4 Å². The molecule has 3 amide bonds. The molecule has 6 atom stereocenters. The molecule has 3 saturated heterocycles. The third-order valence-corrected chi connectivity index (χ3v) is 9.30. The van der Waals surface area contributed by atoms with Crippen molar-refractivity contribution >= 4 is 39.3 Å². The van der Waals surface area contributed by atoms with E-state index in [-0.39, 0.29) is 29.2 Å². The van der Waals surface area contributed by atoms with E-state index in [1.54, 1.807) is 26.9 Å². The first kappa shape index (κ1) is 30.5. The molecule has 1 N–H and O–H groups in total. The first-order chi connectivity index (χ1) is 19.4. The fourth-order valence-electron chi connectivity index (χ4n) is 6.74. The minimum absolute atomic E-state index is 0.00553. The molecule has 3 fully saturated rings. The molecule has 3 heterocycles. The van der Waals surface area contributed by atoms with Gasteiger partial charge >= 0.3 is 0 Å². The van der Waals surface area contributed by atoms with Crippen LogP contribution in [0.15, 0.2) is 55.6 Å². The van der Waals surface area contributed by atoms with E-state index >= 15 is 0 Å². The summed E-state index contributed by atoms with van der Waals surface area (Å²) in [6.45, 7) is 11.4. The molecular weight excluding hydrogens is 574 g/mol. The van der Waals surface area contributed by atoms with Crippen molar-refractivity contribution in [2.24, 2.45) is 11.8 Å². The number of unbranched alkanes of at least 4 members (excludes halogenated alkanes) is 3. The minimum Gasteiger partial charge on any atom is -0.396 e. The monoisotopic (exact) mass is 615 g/mol. The van der Waals surface area contributed by atoms with Gasteiger partial charge in [-0.15, -0.1) is 13.2 Å². The largest absolute Gasteiger partial charge is 0.396 e. The van der Waals surface area contributed by atoms with Crippen molar-refractivity contribution in [3.05, 3.63) is 55.6 Å².